The Hall–Kier alpha value is -3.03. The fourth-order valence-corrected chi connectivity index (χ4v) is 2.66. The lowest BCUT2D eigenvalue weighted by molar-refractivity contribution is 0.112. The van der Waals surface area contributed by atoms with Crippen molar-refractivity contribution in [2.75, 3.05) is 31.5 Å². The number of hydrogen-bond donors (Lipinski definition) is 2. The quantitative estimate of drug-likeness (QED) is 0.782. The van der Waals surface area contributed by atoms with Crippen LogP contribution in [0.1, 0.15) is 16.1 Å². The lowest BCUT2D eigenvalue weighted by Gasteiger charge is -2.14. The summed E-state index contributed by atoms with van der Waals surface area (Å²) in [6.45, 7) is 4.29. The van der Waals surface area contributed by atoms with Gasteiger partial charge < -0.3 is 15.5 Å². The van der Waals surface area contributed by atoms with Crippen molar-refractivity contribution >= 4 is 18.3 Å². The molecule has 2 heterocycles. The Morgan fingerprint density at radius 2 is 2.28 bits per heavy atom. The first-order valence-corrected chi connectivity index (χ1v) is 7.94. The van der Waals surface area contributed by atoms with Crippen LogP contribution in [0, 0.1) is 12.7 Å². The molecule has 0 saturated carbocycles. The third-order valence-corrected chi connectivity index (χ3v) is 4.02. The molecule has 1 aliphatic rings. The van der Waals surface area contributed by atoms with E-state index in [9.17, 15) is 14.0 Å². The molecule has 2 aromatic rings. The van der Waals surface area contributed by atoms with Crippen LogP contribution in [0.25, 0.3) is 11.1 Å². The van der Waals surface area contributed by atoms with Crippen molar-refractivity contribution in [3.05, 3.63) is 41.5 Å². The Labute approximate surface area is 144 Å². The maximum absolute atomic E-state index is 13.4. The number of carbonyl (C=O) groups excluding carboxylic acids is 2. The first-order chi connectivity index (χ1) is 12.1. The molecular weight excluding hydrogens is 325 g/mol. The van der Waals surface area contributed by atoms with Gasteiger partial charge in [-0.2, -0.15) is 0 Å². The second-order valence-electron chi connectivity index (χ2n) is 5.69. The van der Waals surface area contributed by atoms with Crippen LogP contribution in [0.4, 0.5) is 15.1 Å². The fraction of sp³-hybridized carbons (Fsp3) is 0.294. The number of hydrogen-bond acceptors (Lipinski definition) is 5. The van der Waals surface area contributed by atoms with Crippen LogP contribution in [0.2, 0.25) is 0 Å². The number of nitrogens with one attached hydrogen (secondary N) is 2. The fourth-order valence-electron chi connectivity index (χ4n) is 2.66. The van der Waals surface area contributed by atoms with Gasteiger partial charge in [0.05, 0.1) is 11.3 Å². The normalized spacial score (nSPS) is 13.7. The summed E-state index contributed by atoms with van der Waals surface area (Å²) in [6, 6.07) is 4.27. The number of halogens is 1. The molecule has 1 saturated heterocycles. The molecule has 2 amide bonds. The van der Waals surface area contributed by atoms with E-state index in [4.69, 9.17) is 0 Å². The SMILES string of the molecule is Cc1nc(NCCN2CCNC2=O)ncc1-c1ccc(F)c(C=O)c1. The van der Waals surface area contributed by atoms with Gasteiger partial charge in [0.1, 0.15) is 5.82 Å². The smallest absolute Gasteiger partial charge is 0.317 e. The molecule has 0 bridgehead atoms. The lowest BCUT2D eigenvalue weighted by atomic mass is 10.0. The molecule has 0 radical (unpaired) electrons. The van der Waals surface area contributed by atoms with E-state index < -0.39 is 5.82 Å². The maximum Gasteiger partial charge on any atom is 0.317 e. The van der Waals surface area contributed by atoms with Gasteiger partial charge in [0.2, 0.25) is 5.95 Å². The molecule has 7 nitrogen and oxygen atoms in total. The summed E-state index contributed by atoms with van der Waals surface area (Å²) in [5, 5.41) is 5.83. The van der Waals surface area contributed by atoms with Crippen molar-refractivity contribution in [1.82, 2.24) is 20.2 Å². The third-order valence-electron chi connectivity index (χ3n) is 4.02. The number of aryl methyl sites for hydroxylation is 1. The van der Waals surface area contributed by atoms with Gasteiger partial charge in [-0.1, -0.05) is 6.07 Å². The van der Waals surface area contributed by atoms with Crippen molar-refractivity contribution in [3.63, 3.8) is 0 Å². The zero-order chi connectivity index (χ0) is 17.8. The zero-order valence-electron chi connectivity index (χ0n) is 13.8. The maximum atomic E-state index is 13.4. The minimum atomic E-state index is -0.554. The van der Waals surface area contributed by atoms with E-state index in [2.05, 4.69) is 20.6 Å². The second kappa shape index (κ2) is 7.25. The van der Waals surface area contributed by atoms with E-state index in [1.54, 1.807) is 17.2 Å². The molecule has 0 spiro atoms. The predicted octanol–water partition coefficient (Wildman–Crippen LogP) is 1.84. The standard InChI is InChI=1S/C17H18FN5O2/c1-11-14(12-2-3-15(18)13(8-12)10-24)9-21-16(22-11)19-4-6-23-7-5-20-17(23)25/h2-3,8-10H,4-7H2,1H3,(H,20,25)(H,19,21,22). The van der Waals surface area contributed by atoms with Crippen molar-refractivity contribution in [2.24, 2.45) is 0 Å². The summed E-state index contributed by atoms with van der Waals surface area (Å²) in [5.41, 5.74) is 2.12. The first-order valence-electron chi connectivity index (χ1n) is 7.94. The van der Waals surface area contributed by atoms with Gasteiger partial charge in [-0.3, -0.25) is 4.79 Å². The van der Waals surface area contributed by atoms with Crippen LogP contribution in [-0.2, 0) is 0 Å². The van der Waals surface area contributed by atoms with Gasteiger partial charge in [0.25, 0.3) is 0 Å². The number of nitrogens with zero attached hydrogens (tertiary/aromatic N) is 3. The summed E-state index contributed by atoms with van der Waals surface area (Å²) in [7, 11) is 0. The minimum absolute atomic E-state index is 0.00277. The highest BCUT2D eigenvalue weighted by Gasteiger charge is 2.18. The Morgan fingerprint density at radius 1 is 1.44 bits per heavy atom. The van der Waals surface area contributed by atoms with Gasteiger partial charge in [-0.25, -0.2) is 19.2 Å². The number of amides is 2. The molecule has 0 unspecified atom stereocenters. The highest BCUT2D eigenvalue weighted by atomic mass is 19.1. The number of urea groups is 1. The molecule has 3 rings (SSSR count). The second-order valence-corrected chi connectivity index (χ2v) is 5.69. The highest BCUT2D eigenvalue weighted by Crippen LogP contribution is 2.24. The van der Waals surface area contributed by atoms with Gasteiger partial charge in [-0.05, 0) is 24.6 Å². The third kappa shape index (κ3) is 3.73. The molecule has 1 aromatic heterocycles. The Balaban J connectivity index is 1.68. The van der Waals surface area contributed by atoms with E-state index >= 15 is 0 Å². The van der Waals surface area contributed by atoms with E-state index in [0.29, 0.717) is 49.7 Å². The largest absolute Gasteiger partial charge is 0.352 e. The minimum Gasteiger partial charge on any atom is -0.352 e. The van der Waals surface area contributed by atoms with Crippen molar-refractivity contribution in [2.45, 2.75) is 6.92 Å². The summed E-state index contributed by atoms with van der Waals surface area (Å²) < 4.78 is 13.4. The van der Waals surface area contributed by atoms with Gasteiger partial charge >= 0.3 is 6.03 Å². The van der Waals surface area contributed by atoms with Crippen molar-refractivity contribution in [3.8, 4) is 11.1 Å². The molecule has 1 fully saturated rings. The number of aldehydes is 1. The zero-order valence-corrected chi connectivity index (χ0v) is 13.8. The van der Waals surface area contributed by atoms with Crippen LogP contribution in [0.15, 0.2) is 24.4 Å². The van der Waals surface area contributed by atoms with Crippen LogP contribution in [0.3, 0.4) is 0 Å². The summed E-state index contributed by atoms with van der Waals surface area (Å²) in [4.78, 5) is 32.7. The Morgan fingerprint density at radius 3 is 2.96 bits per heavy atom. The lowest BCUT2D eigenvalue weighted by Crippen LogP contribution is -2.32. The monoisotopic (exact) mass is 343 g/mol. The number of rotatable bonds is 6. The molecule has 1 aliphatic heterocycles. The number of aromatic nitrogens is 2. The molecular formula is C17H18FN5O2. The summed E-state index contributed by atoms with van der Waals surface area (Å²) in [6.07, 6.45) is 2.12. The summed E-state index contributed by atoms with van der Waals surface area (Å²) in [5.74, 6) is -0.0971. The van der Waals surface area contributed by atoms with Crippen LogP contribution < -0.4 is 10.6 Å². The van der Waals surface area contributed by atoms with Gasteiger partial charge in [0, 0.05) is 37.9 Å². The Bertz CT molecular complexity index is 812. The molecule has 25 heavy (non-hydrogen) atoms. The van der Waals surface area contributed by atoms with Crippen LogP contribution in [-0.4, -0.2) is 53.4 Å². The Kier molecular flexibility index (Phi) is 4.87. The van der Waals surface area contributed by atoms with Crippen molar-refractivity contribution < 1.29 is 14.0 Å². The topological polar surface area (TPSA) is 87.2 Å². The average Bonchev–Trinajstić information content (AvgIpc) is 3.01. The molecule has 8 heteroatoms. The van der Waals surface area contributed by atoms with Gasteiger partial charge in [-0.15, -0.1) is 0 Å². The van der Waals surface area contributed by atoms with E-state index in [1.807, 2.05) is 6.92 Å². The van der Waals surface area contributed by atoms with Crippen LogP contribution in [0.5, 0.6) is 0 Å². The van der Waals surface area contributed by atoms with Gasteiger partial charge in [0.15, 0.2) is 6.29 Å². The van der Waals surface area contributed by atoms with Crippen LogP contribution >= 0.6 is 0 Å². The molecule has 0 atom stereocenters. The van der Waals surface area contributed by atoms with E-state index in [1.165, 1.54) is 12.1 Å². The highest BCUT2D eigenvalue weighted by molar-refractivity contribution is 5.79. The molecule has 2 N–H and O–H groups in total. The van der Waals surface area contributed by atoms with E-state index in [0.717, 1.165) is 5.56 Å². The van der Waals surface area contributed by atoms with E-state index in [-0.39, 0.29) is 11.6 Å². The number of carbonyl (C=O) groups is 2. The average molecular weight is 343 g/mol. The summed E-state index contributed by atoms with van der Waals surface area (Å²) >= 11 is 0. The molecule has 1 aromatic carbocycles. The predicted molar refractivity (Wildman–Crippen MR) is 91.0 cm³/mol. The molecule has 0 aliphatic carbocycles. The van der Waals surface area contributed by atoms with Crippen molar-refractivity contribution in [1.29, 1.82) is 0 Å². The number of anilines is 1. The molecule has 130 valence electrons. The first kappa shape index (κ1) is 16.8. The number of benzene rings is 1.